The number of hydrogen-bond donors (Lipinski definition) is 1. The topological polar surface area (TPSA) is 71.1 Å². The maximum Gasteiger partial charge on any atom is 0.273 e. The fourth-order valence-corrected chi connectivity index (χ4v) is 4.44. The van der Waals surface area contributed by atoms with Gasteiger partial charge in [0.1, 0.15) is 10.7 Å². The third kappa shape index (κ3) is 3.31. The van der Waals surface area contributed by atoms with E-state index < -0.39 is 0 Å². The number of aryl methyl sites for hydroxylation is 1. The molecule has 1 fully saturated rings. The van der Waals surface area contributed by atoms with Crippen molar-refractivity contribution in [2.24, 2.45) is 5.92 Å². The Morgan fingerprint density at radius 1 is 1.38 bits per heavy atom. The number of amides is 1. The molecule has 0 bridgehead atoms. The number of fused-ring (bicyclic) bond motifs is 1. The molecule has 136 valence electrons. The number of ether oxygens (including phenoxy) is 1. The van der Waals surface area contributed by atoms with Gasteiger partial charge in [0.2, 0.25) is 0 Å². The molecule has 3 aromatic rings. The van der Waals surface area contributed by atoms with E-state index in [9.17, 15) is 4.79 Å². The Hall–Kier alpha value is -2.41. The highest BCUT2D eigenvalue weighted by atomic mass is 32.1. The lowest BCUT2D eigenvalue weighted by molar-refractivity contribution is 0.0676. The lowest BCUT2D eigenvalue weighted by Gasteiger charge is -2.32. The van der Waals surface area contributed by atoms with Crippen LogP contribution in [0.3, 0.4) is 0 Å². The Morgan fingerprint density at radius 3 is 3.00 bits per heavy atom. The molecule has 26 heavy (non-hydrogen) atoms. The van der Waals surface area contributed by atoms with Crippen LogP contribution in [0.1, 0.15) is 34.0 Å². The number of aromatic amines is 1. The zero-order chi connectivity index (χ0) is 18.1. The van der Waals surface area contributed by atoms with Gasteiger partial charge in [-0.1, -0.05) is 23.5 Å². The number of carbonyl (C=O) groups excluding carboxylic acids is 1. The number of nitrogens with zero attached hydrogens (tertiary/aromatic N) is 3. The average Bonchev–Trinajstić information content (AvgIpc) is 3.23. The number of para-hydroxylation sites is 2. The van der Waals surface area contributed by atoms with Gasteiger partial charge in [0, 0.05) is 19.5 Å². The molecule has 1 unspecified atom stereocenters. The molecule has 7 heteroatoms. The molecule has 3 heterocycles. The number of aromatic nitrogens is 3. The van der Waals surface area contributed by atoms with E-state index in [4.69, 9.17) is 4.74 Å². The Labute approximate surface area is 156 Å². The van der Waals surface area contributed by atoms with Gasteiger partial charge in [-0.15, -0.1) is 0 Å². The number of H-pyrrole nitrogens is 1. The van der Waals surface area contributed by atoms with Crippen molar-refractivity contribution in [2.45, 2.75) is 26.2 Å². The highest BCUT2D eigenvalue weighted by molar-refractivity contribution is 7.15. The summed E-state index contributed by atoms with van der Waals surface area (Å²) >= 11 is 1.33. The standard InChI is InChI=1S/C19H22N4O2S/c1-12-17(26-19(20-12)25-2)18(24)23-9-5-6-13(11-23)10-16-21-14-7-3-4-8-15(14)22-16/h3-4,7-8,13H,5-6,9-11H2,1-2H3,(H,21,22). The van der Waals surface area contributed by atoms with Gasteiger partial charge in [0.15, 0.2) is 0 Å². The smallest absolute Gasteiger partial charge is 0.273 e. The fraction of sp³-hybridized carbons (Fsp3) is 0.421. The number of hydrogen-bond acceptors (Lipinski definition) is 5. The summed E-state index contributed by atoms with van der Waals surface area (Å²) in [5.41, 5.74) is 2.81. The Bertz CT molecular complexity index is 900. The van der Waals surface area contributed by atoms with Gasteiger partial charge in [-0.2, -0.15) is 0 Å². The number of imidazole rings is 1. The molecule has 0 aliphatic carbocycles. The van der Waals surface area contributed by atoms with Crippen LogP contribution in [-0.4, -0.2) is 46.0 Å². The van der Waals surface area contributed by atoms with Crippen LogP contribution in [0.25, 0.3) is 11.0 Å². The van der Waals surface area contributed by atoms with E-state index in [1.165, 1.54) is 11.3 Å². The maximum atomic E-state index is 12.9. The monoisotopic (exact) mass is 370 g/mol. The summed E-state index contributed by atoms with van der Waals surface area (Å²) < 4.78 is 5.17. The second-order valence-corrected chi connectivity index (χ2v) is 7.72. The Balaban J connectivity index is 1.46. The molecule has 6 nitrogen and oxygen atoms in total. The van der Waals surface area contributed by atoms with Crippen LogP contribution in [-0.2, 0) is 6.42 Å². The second-order valence-electron chi connectivity index (χ2n) is 6.76. The van der Waals surface area contributed by atoms with E-state index in [0.717, 1.165) is 54.9 Å². The molecule has 2 aromatic heterocycles. The van der Waals surface area contributed by atoms with Crippen LogP contribution < -0.4 is 4.74 Å². The summed E-state index contributed by atoms with van der Waals surface area (Å²) in [6, 6.07) is 8.07. The summed E-state index contributed by atoms with van der Waals surface area (Å²) in [6.45, 7) is 3.42. The SMILES string of the molecule is COc1nc(C)c(C(=O)N2CCCC(Cc3nc4ccccc4[nH]3)C2)s1. The van der Waals surface area contributed by atoms with Gasteiger partial charge >= 0.3 is 0 Å². The first-order chi connectivity index (χ1) is 12.6. The van der Waals surface area contributed by atoms with Crippen molar-refractivity contribution in [3.05, 3.63) is 40.7 Å². The summed E-state index contributed by atoms with van der Waals surface area (Å²) in [6.07, 6.45) is 3.00. The molecule has 0 saturated carbocycles. The van der Waals surface area contributed by atoms with Gasteiger partial charge in [-0.3, -0.25) is 4.79 Å². The van der Waals surface area contributed by atoms with Crippen molar-refractivity contribution in [1.29, 1.82) is 0 Å². The Morgan fingerprint density at radius 2 is 2.23 bits per heavy atom. The third-order valence-electron chi connectivity index (χ3n) is 4.87. The van der Waals surface area contributed by atoms with Gasteiger partial charge in [-0.25, -0.2) is 9.97 Å². The molecule has 1 aromatic carbocycles. The molecule has 1 N–H and O–H groups in total. The fourth-order valence-electron chi connectivity index (χ4n) is 3.59. The number of carbonyl (C=O) groups is 1. The van der Waals surface area contributed by atoms with E-state index >= 15 is 0 Å². The molecular weight excluding hydrogens is 348 g/mol. The van der Waals surface area contributed by atoms with Gasteiger partial charge in [0.25, 0.3) is 11.1 Å². The van der Waals surface area contributed by atoms with Crippen LogP contribution in [0.2, 0.25) is 0 Å². The quantitative estimate of drug-likeness (QED) is 0.764. The average molecular weight is 370 g/mol. The summed E-state index contributed by atoms with van der Waals surface area (Å²) in [4.78, 5) is 27.9. The molecule has 1 amide bonds. The predicted molar refractivity (Wildman–Crippen MR) is 102 cm³/mol. The summed E-state index contributed by atoms with van der Waals surface area (Å²) in [7, 11) is 1.58. The number of benzene rings is 1. The molecule has 4 rings (SSSR count). The summed E-state index contributed by atoms with van der Waals surface area (Å²) in [5.74, 6) is 1.49. The van der Waals surface area contributed by atoms with Crippen molar-refractivity contribution in [3.63, 3.8) is 0 Å². The van der Waals surface area contributed by atoms with Crippen LogP contribution in [0.5, 0.6) is 5.19 Å². The van der Waals surface area contributed by atoms with Gasteiger partial charge in [0.05, 0.1) is 23.8 Å². The number of piperidine rings is 1. The highest BCUT2D eigenvalue weighted by Gasteiger charge is 2.28. The molecule has 0 radical (unpaired) electrons. The van der Waals surface area contributed by atoms with E-state index in [0.29, 0.717) is 16.0 Å². The van der Waals surface area contributed by atoms with Crippen molar-refractivity contribution in [2.75, 3.05) is 20.2 Å². The highest BCUT2D eigenvalue weighted by Crippen LogP contribution is 2.28. The van der Waals surface area contributed by atoms with E-state index in [-0.39, 0.29) is 5.91 Å². The maximum absolute atomic E-state index is 12.9. The zero-order valence-corrected chi connectivity index (χ0v) is 15.8. The minimum Gasteiger partial charge on any atom is -0.473 e. The first kappa shape index (κ1) is 17.0. The molecule has 1 aliphatic rings. The molecule has 1 atom stereocenters. The number of likely N-dealkylation sites (tertiary alicyclic amines) is 1. The zero-order valence-electron chi connectivity index (χ0n) is 15.0. The largest absolute Gasteiger partial charge is 0.473 e. The molecular formula is C19H22N4O2S. The minimum absolute atomic E-state index is 0.0672. The van der Waals surface area contributed by atoms with Gasteiger partial charge in [-0.05, 0) is 37.8 Å². The normalized spacial score (nSPS) is 17.6. The van der Waals surface area contributed by atoms with Crippen LogP contribution >= 0.6 is 11.3 Å². The first-order valence-electron chi connectivity index (χ1n) is 8.88. The van der Waals surface area contributed by atoms with Crippen molar-refractivity contribution in [3.8, 4) is 5.19 Å². The van der Waals surface area contributed by atoms with Crippen molar-refractivity contribution < 1.29 is 9.53 Å². The van der Waals surface area contributed by atoms with Gasteiger partial charge < -0.3 is 14.6 Å². The predicted octanol–water partition coefficient (Wildman–Crippen LogP) is 3.43. The third-order valence-corrected chi connectivity index (χ3v) is 5.98. The van der Waals surface area contributed by atoms with Crippen molar-refractivity contribution in [1.82, 2.24) is 19.9 Å². The molecule has 1 saturated heterocycles. The van der Waals surface area contributed by atoms with E-state index in [1.807, 2.05) is 36.1 Å². The second kappa shape index (κ2) is 7.07. The summed E-state index contributed by atoms with van der Waals surface area (Å²) in [5, 5.41) is 0.543. The van der Waals surface area contributed by atoms with Crippen LogP contribution in [0.15, 0.2) is 24.3 Å². The number of methoxy groups -OCH3 is 1. The van der Waals surface area contributed by atoms with Crippen LogP contribution in [0, 0.1) is 12.8 Å². The lowest BCUT2D eigenvalue weighted by atomic mass is 9.94. The van der Waals surface area contributed by atoms with E-state index in [2.05, 4.69) is 15.0 Å². The van der Waals surface area contributed by atoms with Crippen LogP contribution in [0.4, 0.5) is 0 Å². The molecule has 0 spiro atoms. The first-order valence-corrected chi connectivity index (χ1v) is 9.70. The number of rotatable bonds is 4. The Kier molecular flexibility index (Phi) is 4.63. The number of nitrogens with one attached hydrogen (secondary N) is 1. The number of thiazole rings is 1. The van der Waals surface area contributed by atoms with E-state index in [1.54, 1.807) is 7.11 Å². The van der Waals surface area contributed by atoms with Crippen molar-refractivity contribution >= 4 is 28.3 Å². The minimum atomic E-state index is 0.0672. The lowest BCUT2D eigenvalue weighted by Crippen LogP contribution is -2.40. The molecule has 1 aliphatic heterocycles.